The molecule has 130 valence electrons. The van der Waals surface area contributed by atoms with Crippen LogP contribution in [0.25, 0.3) is 0 Å². The molecule has 8 nitrogen and oxygen atoms in total. The number of benzene rings is 1. The number of anilines is 1. The van der Waals surface area contributed by atoms with E-state index in [0.717, 1.165) is 12.6 Å². The standard InChI is InChI=1S/C14H24N4O4S/c1-14(2,10-17(4)5)9-16-12-7-6-11(23(21,22)15-3)8-13(12)18(19)20/h6-8,15-16H,9-10H2,1-5H3. The Labute approximate surface area is 137 Å². The number of nitro groups is 1. The minimum absolute atomic E-state index is 0.104. The van der Waals surface area contributed by atoms with E-state index in [2.05, 4.69) is 10.0 Å². The molecule has 1 aromatic carbocycles. The molecule has 0 radical (unpaired) electrons. The Kier molecular flexibility index (Phi) is 6.09. The molecule has 0 unspecified atom stereocenters. The lowest BCUT2D eigenvalue weighted by atomic mass is 9.93. The summed E-state index contributed by atoms with van der Waals surface area (Å²) in [6.07, 6.45) is 0. The van der Waals surface area contributed by atoms with Crippen LogP contribution in [-0.2, 0) is 10.0 Å². The van der Waals surface area contributed by atoms with Crippen LogP contribution in [-0.4, -0.2) is 52.5 Å². The van der Waals surface area contributed by atoms with E-state index in [1.165, 1.54) is 19.2 Å². The Morgan fingerprint density at radius 1 is 1.30 bits per heavy atom. The molecule has 0 aromatic heterocycles. The predicted molar refractivity (Wildman–Crippen MR) is 90.2 cm³/mol. The molecule has 0 atom stereocenters. The van der Waals surface area contributed by atoms with Gasteiger partial charge in [0.05, 0.1) is 9.82 Å². The first-order chi connectivity index (χ1) is 10.5. The number of nitro benzene ring substituents is 1. The number of nitrogens with zero attached hydrogens (tertiary/aromatic N) is 2. The van der Waals surface area contributed by atoms with Crippen LogP contribution in [0.3, 0.4) is 0 Å². The summed E-state index contributed by atoms with van der Waals surface area (Å²) in [7, 11) is 1.46. The van der Waals surface area contributed by atoms with Crippen LogP contribution in [0.2, 0.25) is 0 Å². The third-order valence-electron chi connectivity index (χ3n) is 3.25. The maximum absolute atomic E-state index is 11.8. The first kappa shape index (κ1) is 19.3. The van der Waals surface area contributed by atoms with Crippen molar-refractivity contribution < 1.29 is 13.3 Å². The zero-order valence-corrected chi connectivity index (χ0v) is 14.9. The van der Waals surface area contributed by atoms with E-state index in [0.29, 0.717) is 12.2 Å². The second kappa shape index (κ2) is 7.24. The highest BCUT2D eigenvalue weighted by molar-refractivity contribution is 7.89. The zero-order chi connectivity index (χ0) is 17.8. The lowest BCUT2D eigenvalue weighted by Gasteiger charge is -2.28. The summed E-state index contributed by atoms with van der Waals surface area (Å²) < 4.78 is 25.7. The summed E-state index contributed by atoms with van der Waals surface area (Å²) in [5, 5.41) is 14.3. The van der Waals surface area contributed by atoms with Gasteiger partial charge in [0, 0.05) is 19.2 Å². The van der Waals surface area contributed by atoms with Crippen LogP contribution in [0.4, 0.5) is 11.4 Å². The molecule has 0 heterocycles. The van der Waals surface area contributed by atoms with Gasteiger partial charge in [-0.05, 0) is 38.7 Å². The van der Waals surface area contributed by atoms with Gasteiger partial charge in [-0.15, -0.1) is 0 Å². The summed E-state index contributed by atoms with van der Waals surface area (Å²) in [5.74, 6) is 0. The van der Waals surface area contributed by atoms with Crippen molar-refractivity contribution in [1.29, 1.82) is 0 Å². The van der Waals surface area contributed by atoms with Crippen molar-refractivity contribution in [3.05, 3.63) is 28.3 Å². The van der Waals surface area contributed by atoms with E-state index in [-0.39, 0.29) is 16.0 Å². The van der Waals surface area contributed by atoms with E-state index >= 15 is 0 Å². The van der Waals surface area contributed by atoms with E-state index in [9.17, 15) is 18.5 Å². The van der Waals surface area contributed by atoms with Gasteiger partial charge in [0.15, 0.2) is 0 Å². The van der Waals surface area contributed by atoms with Crippen molar-refractivity contribution in [1.82, 2.24) is 9.62 Å². The quantitative estimate of drug-likeness (QED) is 0.547. The summed E-state index contributed by atoms with van der Waals surface area (Å²) >= 11 is 0. The van der Waals surface area contributed by atoms with E-state index in [1.807, 2.05) is 32.8 Å². The second-order valence-corrected chi connectivity index (χ2v) is 8.29. The molecule has 0 aliphatic carbocycles. The minimum atomic E-state index is -3.72. The molecule has 0 saturated heterocycles. The van der Waals surface area contributed by atoms with Gasteiger partial charge in [-0.2, -0.15) is 0 Å². The van der Waals surface area contributed by atoms with Crippen LogP contribution >= 0.6 is 0 Å². The van der Waals surface area contributed by atoms with Crippen LogP contribution in [0.5, 0.6) is 0 Å². The van der Waals surface area contributed by atoms with Crippen molar-refractivity contribution in [2.75, 3.05) is 39.5 Å². The first-order valence-electron chi connectivity index (χ1n) is 7.09. The van der Waals surface area contributed by atoms with Crippen molar-refractivity contribution in [3.63, 3.8) is 0 Å². The van der Waals surface area contributed by atoms with E-state index < -0.39 is 14.9 Å². The average molecular weight is 344 g/mol. The maximum Gasteiger partial charge on any atom is 0.293 e. The van der Waals surface area contributed by atoms with Gasteiger partial charge < -0.3 is 10.2 Å². The van der Waals surface area contributed by atoms with Gasteiger partial charge in [0.2, 0.25) is 10.0 Å². The van der Waals surface area contributed by atoms with Gasteiger partial charge in [-0.1, -0.05) is 13.8 Å². The monoisotopic (exact) mass is 344 g/mol. The van der Waals surface area contributed by atoms with Gasteiger partial charge in [0.1, 0.15) is 5.69 Å². The number of sulfonamides is 1. The highest BCUT2D eigenvalue weighted by Gasteiger charge is 2.23. The Morgan fingerprint density at radius 3 is 2.39 bits per heavy atom. The van der Waals surface area contributed by atoms with Crippen LogP contribution in [0.15, 0.2) is 23.1 Å². The molecular formula is C14H24N4O4S. The van der Waals surface area contributed by atoms with E-state index in [1.54, 1.807) is 0 Å². The van der Waals surface area contributed by atoms with Crippen molar-refractivity contribution >= 4 is 21.4 Å². The fraction of sp³-hybridized carbons (Fsp3) is 0.571. The Morgan fingerprint density at radius 2 is 1.91 bits per heavy atom. The van der Waals surface area contributed by atoms with Crippen LogP contribution < -0.4 is 10.0 Å². The SMILES string of the molecule is CNS(=O)(=O)c1ccc(NCC(C)(C)CN(C)C)c([N+](=O)[O-])c1. The maximum atomic E-state index is 11.8. The number of nitrogens with one attached hydrogen (secondary N) is 2. The third kappa shape index (κ3) is 5.45. The molecule has 9 heteroatoms. The summed E-state index contributed by atoms with van der Waals surface area (Å²) in [6, 6.07) is 3.83. The van der Waals surface area contributed by atoms with E-state index in [4.69, 9.17) is 0 Å². The molecule has 23 heavy (non-hydrogen) atoms. The molecule has 0 amide bonds. The molecule has 0 spiro atoms. The smallest absolute Gasteiger partial charge is 0.293 e. The first-order valence-corrected chi connectivity index (χ1v) is 8.57. The molecule has 1 rings (SSSR count). The molecule has 2 N–H and O–H groups in total. The molecule has 0 saturated carbocycles. The number of hydrogen-bond donors (Lipinski definition) is 2. The lowest BCUT2D eigenvalue weighted by Crippen LogP contribution is -2.34. The third-order valence-corrected chi connectivity index (χ3v) is 4.66. The van der Waals surface area contributed by atoms with Gasteiger partial charge in [-0.3, -0.25) is 10.1 Å². The highest BCUT2D eigenvalue weighted by Crippen LogP contribution is 2.29. The van der Waals surface area contributed by atoms with Crippen molar-refractivity contribution in [2.24, 2.45) is 5.41 Å². The molecule has 0 aliphatic heterocycles. The normalized spacial score (nSPS) is 12.4. The second-order valence-electron chi connectivity index (χ2n) is 6.40. The summed E-state index contributed by atoms with van der Waals surface area (Å²) in [6.45, 7) is 5.42. The lowest BCUT2D eigenvalue weighted by molar-refractivity contribution is -0.384. The van der Waals surface area contributed by atoms with Gasteiger partial charge >= 0.3 is 0 Å². The fourth-order valence-corrected chi connectivity index (χ4v) is 3.09. The number of rotatable bonds is 8. The Balaban J connectivity index is 3.07. The molecule has 0 bridgehead atoms. The highest BCUT2D eigenvalue weighted by atomic mass is 32.2. The topological polar surface area (TPSA) is 105 Å². The van der Waals surface area contributed by atoms with Crippen molar-refractivity contribution in [3.8, 4) is 0 Å². The molecular weight excluding hydrogens is 320 g/mol. The molecule has 1 aromatic rings. The largest absolute Gasteiger partial charge is 0.379 e. The molecule has 0 aliphatic rings. The average Bonchev–Trinajstić information content (AvgIpc) is 2.43. The predicted octanol–water partition coefficient (Wildman–Crippen LogP) is 1.50. The van der Waals surface area contributed by atoms with Crippen LogP contribution in [0, 0.1) is 15.5 Å². The Hall–Kier alpha value is -1.71. The van der Waals surface area contributed by atoms with Crippen molar-refractivity contribution in [2.45, 2.75) is 18.7 Å². The van der Waals surface area contributed by atoms with Crippen LogP contribution in [0.1, 0.15) is 13.8 Å². The summed E-state index contributed by atoms with van der Waals surface area (Å²) in [4.78, 5) is 12.6. The zero-order valence-electron chi connectivity index (χ0n) is 14.1. The molecule has 0 fully saturated rings. The Bertz CT molecular complexity index is 671. The minimum Gasteiger partial charge on any atom is -0.379 e. The number of hydrogen-bond acceptors (Lipinski definition) is 6. The van der Waals surface area contributed by atoms with Gasteiger partial charge in [-0.25, -0.2) is 13.1 Å². The van der Waals surface area contributed by atoms with Gasteiger partial charge in [0.25, 0.3) is 5.69 Å². The summed E-state index contributed by atoms with van der Waals surface area (Å²) in [5.41, 5.74) is -0.0635. The fourth-order valence-electron chi connectivity index (χ4n) is 2.34.